The van der Waals surface area contributed by atoms with Gasteiger partial charge in [0.15, 0.2) is 0 Å². The van der Waals surface area contributed by atoms with E-state index in [0.717, 1.165) is 5.69 Å². The molecule has 2 aromatic rings. The van der Waals surface area contributed by atoms with Crippen LogP contribution in [-0.2, 0) is 11.3 Å². The number of carbonyl (C=O) groups is 1. The van der Waals surface area contributed by atoms with Gasteiger partial charge < -0.3 is 10.1 Å². The lowest BCUT2D eigenvalue weighted by molar-refractivity contribution is 0.187. The molecular formula is C15H14ClFN2O2. The summed E-state index contributed by atoms with van der Waals surface area (Å²) in [5.74, 6) is -0.348. The first-order valence-electron chi connectivity index (χ1n) is 6.22. The number of methoxy groups -OCH3 is 1. The molecule has 2 aromatic carbocycles. The lowest BCUT2D eigenvalue weighted by atomic mass is 10.2. The molecule has 21 heavy (non-hydrogen) atoms. The molecule has 0 radical (unpaired) electrons. The molecule has 1 amide bonds. The molecule has 0 saturated carbocycles. The van der Waals surface area contributed by atoms with Crippen LogP contribution >= 0.6 is 11.6 Å². The van der Waals surface area contributed by atoms with E-state index in [9.17, 15) is 9.18 Å². The van der Waals surface area contributed by atoms with Gasteiger partial charge in [0.25, 0.3) is 0 Å². The summed E-state index contributed by atoms with van der Waals surface area (Å²) < 4.78 is 18.1. The van der Waals surface area contributed by atoms with E-state index in [1.165, 1.54) is 13.2 Å². The molecular weight excluding hydrogens is 295 g/mol. The third-order valence-electron chi connectivity index (χ3n) is 2.85. The van der Waals surface area contributed by atoms with Crippen molar-refractivity contribution in [2.75, 3.05) is 17.7 Å². The lowest BCUT2D eigenvalue weighted by Gasteiger charge is -2.10. The van der Waals surface area contributed by atoms with E-state index in [1.807, 2.05) is 0 Å². The molecule has 0 aliphatic rings. The summed E-state index contributed by atoms with van der Waals surface area (Å²) >= 11 is 5.95. The van der Waals surface area contributed by atoms with E-state index in [1.54, 1.807) is 36.4 Å². The normalized spacial score (nSPS) is 10.0. The number of rotatable bonds is 4. The number of carbonyl (C=O) groups excluding carboxylic acids is 1. The molecule has 6 heteroatoms. The van der Waals surface area contributed by atoms with Crippen LogP contribution in [-0.4, -0.2) is 13.2 Å². The van der Waals surface area contributed by atoms with Gasteiger partial charge in [0.2, 0.25) is 0 Å². The van der Waals surface area contributed by atoms with E-state index < -0.39 is 6.09 Å². The number of hydrogen-bond acceptors (Lipinski definition) is 3. The highest BCUT2D eigenvalue weighted by molar-refractivity contribution is 6.31. The van der Waals surface area contributed by atoms with Gasteiger partial charge in [-0.05, 0) is 36.4 Å². The molecule has 2 rings (SSSR count). The Morgan fingerprint density at radius 1 is 1.19 bits per heavy atom. The minimum absolute atomic E-state index is 0.273. The van der Waals surface area contributed by atoms with Gasteiger partial charge in [0.1, 0.15) is 5.82 Å². The summed E-state index contributed by atoms with van der Waals surface area (Å²) in [4.78, 5) is 11.0. The molecule has 0 bridgehead atoms. The SMILES string of the molecule is COC(=O)Nc1ccc(NCc2c(F)cccc2Cl)cc1. The Labute approximate surface area is 126 Å². The van der Waals surface area contributed by atoms with Crippen molar-refractivity contribution in [2.24, 2.45) is 0 Å². The third-order valence-corrected chi connectivity index (χ3v) is 3.20. The fourth-order valence-electron chi connectivity index (χ4n) is 1.73. The van der Waals surface area contributed by atoms with Crippen LogP contribution in [0.5, 0.6) is 0 Å². The Morgan fingerprint density at radius 2 is 1.86 bits per heavy atom. The van der Waals surface area contributed by atoms with Crippen molar-refractivity contribution in [3.63, 3.8) is 0 Å². The first kappa shape index (κ1) is 15.1. The summed E-state index contributed by atoms with van der Waals surface area (Å²) in [5, 5.41) is 5.99. The Hall–Kier alpha value is -2.27. The van der Waals surface area contributed by atoms with Gasteiger partial charge in [-0.1, -0.05) is 17.7 Å². The van der Waals surface area contributed by atoms with Crippen LogP contribution in [0, 0.1) is 5.82 Å². The Bertz CT molecular complexity index is 612. The summed E-state index contributed by atoms with van der Waals surface area (Å²) in [7, 11) is 1.30. The average Bonchev–Trinajstić information content (AvgIpc) is 2.48. The maximum atomic E-state index is 13.6. The zero-order valence-corrected chi connectivity index (χ0v) is 12.1. The molecule has 0 unspecified atom stereocenters. The van der Waals surface area contributed by atoms with E-state index in [0.29, 0.717) is 16.3 Å². The third kappa shape index (κ3) is 4.10. The summed E-state index contributed by atoms with van der Waals surface area (Å²) in [5.41, 5.74) is 1.80. The standard InChI is InChI=1S/C15H14ClFN2O2/c1-21-15(20)19-11-7-5-10(6-8-11)18-9-12-13(16)3-2-4-14(12)17/h2-8,18H,9H2,1H3,(H,19,20). The summed E-state index contributed by atoms with van der Waals surface area (Å²) in [6.45, 7) is 0.273. The highest BCUT2D eigenvalue weighted by Gasteiger charge is 2.06. The Kier molecular flexibility index (Phi) is 5.00. The van der Waals surface area contributed by atoms with E-state index in [4.69, 9.17) is 11.6 Å². The van der Waals surface area contributed by atoms with Crippen LogP contribution < -0.4 is 10.6 Å². The lowest BCUT2D eigenvalue weighted by Crippen LogP contribution is -2.10. The van der Waals surface area contributed by atoms with Gasteiger partial charge in [0.05, 0.1) is 7.11 Å². The van der Waals surface area contributed by atoms with Crippen molar-refractivity contribution in [3.8, 4) is 0 Å². The second-order valence-electron chi connectivity index (χ2n) is 4.25. The first-order chi connectivity index (χ1) is 10.1. The van der Waals surface area contributed by atoms with Crippen LogP contribution in [0.25, 0.3) is 0 Å². The predicted molar refractivity (Wildman–Crippen MR) is 81.2 cm³/mol. The molecule has 0 aromatic heterocycles. The zero-order chi connectivity index (χ0) is 15.2. The summed E-state index contributed by atoms with van der Waals surface area (Å²) in [6, 6.07) is 11.5. The molecule has 0 aliphatic carbocycles. The van der Waals surface area contributed by atoms with Crippen molar-refractivity contribution in [1.82, 2.24) is 0 Å². The van der Waals surface area contributed by atoms with Gasteiger partial charge in [-0.25, -0.2) is 9.18 Å². The number of hydrogen-bond donors (Lipinski definition) is 2. The molecule has 4 nitrogen and oxygen atoms in total. The fourth-order valence-corrected chi connectivity index (χ4v) is 1.96. The number of halogens is 2. The second kappa shape index (κ2) is 6.95. The average molecular weight is 309 g/mol. The predicted octanol–water partition coefficient (Wildman–Crippen LogP) is 4.27. The molecule has 2 N–H and O–H groups in total. The topological polar surface area (TPSA) is 50.4 Å². The molecule has 0 fully saturated rings. The van der Waals surface area contributed by atoms with Crippen molar-refractivity contribution < 1.29 is 13.9 Å². The van der Waals surface area contributed by atoms with Crippen LogP contribution in [0.3, 0.4) is 0 Å². The quantitative estimate of drug-likeness (QED) is 0.887. The second-order valence-corrected chi connectivity index (χ2v) is 4.65. The highest BCUT2D eigenvalue weighted by Crippen LogP contribution is 2.21. The maximum Gasteiger partial charge on any atom is 0.411 e. The fraction of sp³-hybridized carbons (Fsp3) is 0.133. The van der Waals surface area contributed by atoms with Gasteiger partial charge >= 0.3 is 6.09 Å². The number of anilines is 2. The highest BCUT2D eigenvalue weighted by atomic mass is 35.5. The molecule has 0 heterocycles. The number of ether oxygens (including phenoxy) is 1. The largest absolute Gasteiger partial charge is 0.453 e. The van der Waals surface area contributed by atoms with Crippen LogP contribution in [0.4, 0.5) is 20.6 Å². The van der Waals surface area contributed by atoms with Crippen molar-refractivity contribution >= 4 is 29.1 Å². The smallest absolute Gasteiger partial charge is 0.411 e. The Balaban J connectivity index is 1.99. The van der Waals surface area contributed by atoms with E-state index >= 15 is 0 Å². The van der Waals surface area contributed by atoms with Gasteiger partial charge in [-0.15, -0.1) is 0 Å². The minimum atomic E-state index is -0.533. The summed E-state index contributed by atoms with van der Waals surface area (Å²) in [6.07, 6.45) is -0.533. The van der Waals surface area contributed by atoms with Crippen LogP contribution in [0.1, 0.15) is 5.56 Å². The molecule has 0 spiro atoms. The minimum Gasteiger partial charge on any atom is -0.453 e. The number of amides is 1. The molecule has 110 valence electrons. The van der Waals surface area contributed by atoms with Crippen molar-refractivity contribution in [1.29, 1.82) is 0 Å². The molecule has 0 aliphatic heterocycles. The van der Waals surface area contributed by atoms with E-state index in [2.05, 4.69) is 15.4 Å². The van der Waals surface area contributed by atoms with Gasteiger partial charge in [-0.2, -0.15) is 0 Å². The Morgan fingerprint density at radius 3 is 2.48 bits per heavy atom. The van der Waals surface area contributed by atoms with Crippen LogP contribution in [0.15, 0.2) is 42.5 Å². The monoisotopic (exact) mass is 308 g/mol. The van der Waals surface area contributed by atoms with Crippen molar-refractivity contribution in [3.05, 3.63) is 58.9 Å². The zero-order valence-electron chi connectivity index (χ0n) is 11.3. The van der Waals surface area contributed by atoms with Crippen molar-refractivity contribution in [2.45, 2.75) is 6.54 Å². The molecule has 0 atom stereocenters. The van der Waals surface area contributed by atoms with Gasteiger partial charge in [0, 0.05) is 28.5 Å². The number of nitrogens with one attached hydrogen (secondary N) is 2. The van der Waals surface area contributed by atoms with Crippen LogP contribution in [0.2, 0.25) is 5.02 Å². The number of benzene rings is 2. The maximum absolute atomic E-state index is 13.6. The molecule has 0 saturated heterocycles. The van der Waals surface area contributed by atoms with Gasteiger partial charge in [-0.3, -0.25) is 5.32 Å². The van der Waals surface area contributed by atoms with E-state index in [-0.39, 0.29) is 12.4 Å². The first-order valence-corrected chi connectivity index (χ1v) is 6.59.